The third-order valence-corrected chi connectivity index (χ3v) is 4.50. The van der Waals surface area contributed by atoms with Crippen LogP contribution in [-0.4, -0.2) is 22.9 Å². The maximum atomic E-state index is 4.67. The maximum absolute atomic E-state index is 4.67. The smallest absolute Gasteiger partial charge is 0.0528 e. The van der Waals surface area contributed by atoms with E-state index in [2.05, 4.69) is 28.2 Å². The third-order valence-electron chi connectivity index (χ3n) is 4.50. The standard InChI is InChI=1S/C14H23N3/c1-11-14(12-7-8-15-9-12)10-16-17(11)13-5-3-2-4-6-13/h10,12-13,15H,2-9H2,1H3. The van der Waals surface area contributed by atoms with Crippen LogP contribution in [0.4, 0.5) is 0 Å². The fourth-order valence-electron chi connectivity index (χ4n) is 3.45. The zero-order valence-electron chi connectivity index (χ0n) is 10.8. The molecule has 0 spiro atoms. The molecule has 2 heterocycles. The van der Waals surface area contributed by atoms with E-state index in [1.807, 2.05) is 0 Å². The van der Waals surface area contributed by atoms with Crippen LogP contribution in [0.5, 0.6) is 0 Å². The first-order valence-electron chi connectivity index (χ1n) is 7.11. The molecule has 1 aliphatic carbocycles. The summed E-state index contributed by atoms with van der Waals surface area (Å²) < 4.78 is 2.31. The average molecular weight is 233 g/mol. The third kappa shape index (κ3) is 2.13. The predicted molar refractivity (Wildman–Crippen MR) is 69.3 cm³/mol. The molecule has 0 bridgehead atoms. The molecule has 94 valence electrons. The van der Waals surface area contributed by atoms with E-state index < -0.39 is 0 Å². The fourth-order valence-corrected chi connectivity index (χ4v) is 3.45. The highest BCUT2D eigenvalue weighted by atomic mass is 15.3. The Morgan fingerprint density at radius 3 is 2.76 bits per heavy atom. The molecule has 3 rings (SSSR count). The van der Waals surface area contributed by atoms with Gasteiger partial charge in [-0.25, -0.2) is 0 Å². The summed E-state index contributed by atoms with van der Waals surface area (Å²) in [4.78, 5) is 0. The van der Waals surface area contributed by atoms with E-state index in [0.29, 0.717) is 12.0 Å². The molecule has 3 nitrogen and oxygen atoms in total. The lowest BCUT2D eigenvalue weighted by Gasteiger charge is -2.23. The molecule has 1 aromatic heterocycles. The number of nitrogens with one attached hydrogen (secondary N) is 1. The van der Waals surface area contributed by atoms with E-state index in [-0.39, 0.29) is 0 Å². The molecule has 0 aromatic carbocycles. The Kier molecular flexibility index (Phi) is 3.19. The van der Waals surface area contributed by atoms with Crippen molar-refractivity contribution in [2.45, 2.75) is 57.4 Å². The largest absolute Gasteiger partial charge is 0.316 e. The lowest BCUT2D eigenvalue weighted by Crippen LogP contribution is -2.16. The second-order valence-corrected chi connectivity index (χ2v) is 5.61. The molecule has 0 amide bonds. The van der Waals surface area contributed by atoms with Crippen LogP contribution in [-0.2, 0) is 0 Å². The van der Waals surface area contributed by atoms with Crippen molar-refractivity contribution in [1.82, 2.24) is 15.1 Å². The van der Waals surface area contributed by atoms with Gasteiger partial charge in [0.05, 0.1) is 12.2 Å². The molecule has 1 unspecified atom stereocenters. The minimum absolute atomic E-state index is 0.673. The van der Waals surface area contributed by atoms with E-state index >= 15 is 0 Å². The summed E-state index contributed by atoms with van der Waals surface area (Å²) in [6.45, 7) is 4.56. The number of nitrogens with zero attached hydrogens (tertiary/aromatic N) is 2. The van der Waals surface area contributed by atoms with Crippen LogP contribution < -0.4 is 5.32 Å². The SMILES string of the molecule is Cc1c(C2CCNC2)cnn1C1CCCCC1. The van der Waals surface area contributed by atoms with Gasteiger partial charge < -0.3 is 5.32 Å². The molecule has 0 radical (unpaired) electrons. The molecule has 3 heteroatoms. The molecule has 1 saturated carbocycles. The quantitative estimate of drug-likeness (QED) is 0.851. The van der Waals surface area contributed by atoms with Gasteiger partial charge in [0.15, 0.2) is 0 Å². The van der Waals surface area contributed by atoms with Crippen molar-refractivity contribution in [3.8, 4) is 0 Å². The highest BCUT2D eigenvalue weighted by Crippen LogP contribution is 2.32. The summed E-state index contributed by atoms with van der Waals surface area (Å²) in [7, 11) is 0. The van der Waals surface area contributed by atoms with Crippen LogP contribution >= 0.6 is 0 Å². The lowest BCUT2D eigenvalue weighted by atomic mass is 9.94. The highest BCUT2D eigenvalue weighted by molar-refractivity contribution is 5.23. The van der Waals surface area contributed by atoms with Crippen LogP contribution in [0.25, 0.3) is 0 Å². The van der Waals surface area contributed by atoms with Crippen molar-refractivity contribution in [1.29, 1.82) is 0 Å². The van der Waals surface area contributed by atoms with Gasteiger partial charge in [0, 0.05) is 18.2 Å². The molecular weight excluding hydrogens is 210 g/mol. The van der Waals surface area contributed by atoms with Gasteiger partial charge >= 0.3 is 0 Å². The van der Waals surface area contributed by atoms with Gasteiger partial charge in [-0.15, -0.1) is 0 Å². The first-order chi connectivity index (χ1) is 8.36. The zero-order chi connectivity index (χ0) is 11.7. The Hall–Kier alpha value is -0.830. The summed E-state index contributed by atoms with van der Waals surface area (Å²) in [5.41, 5.74) is 2.91. The van der Waals surface area contributed by atoms with Crippen molar-refractivity contribution in [3.63, 3.8) is 0 Å². The van der Waals surface area contributed by atoms with Gasteiger partial charge in [0.1, 0.15) is 0 Å². The molecule has 1 aromatic rings. The number of aromatic nitrogens is 2. The normalized spacial score (nSPS) is 26.5. The lowest BCUT2D eigenvalue weighted by molar-refractivity contribution is 0.324. The van der Waals surface area contributed by atoms with E-state index in [1.54, 1.807) is 0 Å². The first-order valence-corrected chi connectivity index (χ1v) is 7.11. The second kappa shape index (κ2) is 4.81. The maximum Gasteiger partial charge on any atom is 0.0528 e. The Morgan fingerprint density at radius 1 is 1.24 bits per heavy atom. The molecule has 2 aliphatic rings. The van der Waals surface area contributed by atoms with Gasteiger partial charge in [-0.3, -0.25) is 4.68 Å². The Morgan fingerprint density at radius 2 is 2.06 bits per heavy atom. The van der Waals surface area contributed by atoms with Crippen molar-refractivity contribution < 1.29 is 0 Å². The first kappa shape index (κ1) is 11.3. The topological polar surface area (TPSA) is 29.9 Å². The number of hydrogen-bond donors (Lipinski definition) is 1. The molecule has 2 fully saturated rings. The van der Waals surface area contributed by atoms with Crippen LogP contribution in [0.1, 0.15) is 61.7 Å². The highest BCUT2D eigenvalue weighted by Gasteiger charge is 2.24. The predicted octanol–water partition coefficient (Wildman–Crippen LogP) is 2.77. The molecule has 1 atom stereocenters. The molecule has 1 saturated heterocycles. The summed E-state index contributed by atoms with van der Waals surface area (Å²) in [6, 6.07) is 0.673. The molecule has 1 N–H and O–H groups in total. The number of rotatable bonds is 2. The van der Waals surface area contributed by atoms with Crippen molar-refractivity contribution in [3.05, 3.63) is 17.5 Å². The molecular formula is C14H23N3. The Labute approximate surface area is 104 Å². The van der Waals surface area contributed by atoms with Gasteiger partial charge in [-0.05, 0) is 38.3 Å². The van der Waals surface area contributed by atoms with E-state index in [4.69, 9.17) is 0 Å². The summed E-state index contributed by atoms with van der Waals surface area (Å²) in [5.74, 6) is 0.701. The Balaban J connectivity index is 1.80. The van der Waals surface area contributed by atoms with Crippen molar-refractivity contribution in [2.24, 2.45) is 0 Å². The minimum atomic E-state index is 0.673. The van der Waals surface area contributed by atoms with Gasteiger partial charge in [0.2, 0.25) is 0 Å². The van der Waals surface area contributed by atoms with Crippen LogP contribution in [0, 0.1) is 6.92 Å². The molecule has 1 aliphatic heterocycles. The van der Waals surface area contributed by atoms with Gasteiger partial charge in [-0.2, -0.15) is 5.10 Å². The van der Waals surface area contributed by atoms with Crippen LogP contribution in [0.2, 0.25) is 0 Å². The minimum Gasteiger partial charge on any atom is -0.316 e. The second-order valence-electron chi connectivity index (χ2n) is 5.61. The average Bonchev–Trinajstić information content (AvgIpc) is 2.99. The summed E-state index contributed by atoms with van der Waals surface area (Å²) in [5, 5.41) is 8.12. The Bertz CT molecular complexity index is 371. The van der Waals surface area contributed by atoms with E-state index in [9.17, 15) is 0 Å². The van der Waals surface area contributed by atoms with Crippen molar-refractivity contribution >= 4 is 0 Å². The fraction of sp³-hybridized carbons (Fsp3) is 0.786. The monoisotopic (exact) mass is 233 g/mol. The van der Waals surface area contributed by atoms with E-state index in [0.717, 1.165) is 6.54 Å². The van der Waals surface area contributed by atoms with Crippen molar-refractivity contribution in [2.75, 3.05) is 13.1 Å². The summed E-state index contributed by atoms with van der Waals surface area (Å²) >= 11 is 0. The number of hydrogen-bond acceptors (Lipinski definition) is 2. The van der Waals surface area contributed by atoms with E-state index in [1.165, 1.54) is 56.3 Å². The van der Waals surface area contributed by atoms with Crippen LogP contribution in [0.3, 0.4) is 0 Å². The van der Waals surface area contributed by atoms with Crippen LogP contribution in [0.15, 0.2) is 6.20 Å². The molecule has 17 heavy (non-hydrogen) atoms. The zero-order valence-corrected chi connectivity index (χ0v) is 10.8. The summed E-state index contributed by atoms with van der Waals surface area (Å²) in [6.07, 6.45) is 10.2. The van der Waals surface area contributed by atoms with Gasteiger partial charge in [0.25, 0.3) is 0 Å². The van der Waals surface area contributed by atoms with Gasteiger partial charge in [-0.1, -0.05) is 19.3 Å².